The van der Waals surface area contributed by atoms with Crippen molar-refractivity contribution < 1.29 is 19.1 Å². The van der Waals surface area contributed by atoms with Crippen LogP contribution in [-0.4, -0.2) is 50.8 Å². The number of carbonyl (C=O) groups is 2. The van der Waals surface area contributed by atoms with E-state index in [1.807, 2.05) is 51.1 Å². The normalized spacial score (nSPS) is 10.9. The number of imidazole rings is 2. The van der Waals surface area contributed by atoms with E-state index in [-0.39, 0.29) is 5.97 Å². The molecule has 2 aromatic carbocycles. The highest BCUT2D eigenvalue weighted by atomic mass is 16.6. The molecule has 0 aliphatic rings. The van der Waals surface area contributed by atoms with E-state index < -0.39 is 11.7 Å². The number of hydrogen-bond acceptors (Lipinski definition) is 6. The average molecular weight is 560 g/mol. The van der Waals surface area contributed by atoms with E-state index in [2.05, 4.69) is 45.1 Å². The summed E-state index contributed by atoms with van der Waals surface area (Å²) >= 11 is 0. The first-order chi connectivity index (χ1) is 19.7. The molecule has 0 atom stereocenters. The number of hydrogen-bond donors (Lipinski definition) is 2. The lowest BCUT2D eigenvalue weighted by Crippen LogP contribution is -2.33. The minimum absolute atomic E-state index is 0.345. The molecule has 218 valence electrons. The Balaban J connectivity index is 0.000000832. The third-order valence-electron chi connectivity index (χ3n) is 6.07. The van der Waals surface area contributed by atoms with Crippen molar-refractivity contribution in [3.05, 3.63) is 96.1 Å². The van der Waals surface area contributed by atoms with Crippen LogP contribution in [-0.2, 0) is 28.9 Å². The molecular formula is C32H41N5O4. The summed E-state index contributed by atoms with van der Waals surface area (Å²) in [6.45, 7) is 8.87. The molecular weight excluding hydrogens is 518 g/mol. The maximum atomic E-state index is 12.2. The number of H-pyrrole nitrogens is 1. The number of aromatic amines is 1. The maximum absolute atomic E-state index is 12.2. The highest BCUT2D eigenvalue weighted by molar-refractivity contribution is 5.97. The van der Waals surface area contributed by atoms with Crippen molar-refractivity contribution in [2.75, 3.05) is 13.7 Å². The molecule has 2 N–H and O–H groups in total. The van der Waals surface area contributed by atoms with E-state index in [9.17, 15) is 9.59 Å². The summed E-state index contributed by atoms with van der Waals surface area (Å²) in [4.78, 5) is 35.3. The number of amides is 1. The monoisotopic (exact) mass is 559 g/mol. The minimum Gasteiger partial charge on any atom is -0.465 e. The smallest absolute Gasteiger partial charge is 0.407 e. The van der Waals surface area contributed by atoms with Gasteiger partial charge in [-0.15, -0.1) is 0 Å². The van der Waals surface area contributed by atoms with Gasteiger partial charge in [0.05, 0.1) is 24.7 Å². The maximum Gasteiger partial charge on any atom is 0.407 e. The first-order valence-electron chi connectivity index (χ1n) is 13.9. The Morgan fingerprint density at radius 3 is 2.41 bits per heavy atom. The van der Waals surface area contributed by atoms with E-state index in [4.69, 9.17) is 14.5 Å². The van der Waals surface area contributed by atoms with E-state index in [1.54, 1.807) is 24.8 Å². The zero-order valence-electron chi connectivity index (χ0n) is 24.6. The summed E-state index contributed by atoms with van der Waals surface area (Å²) in [7, 11) is 1.39. The number of methoxy groups -OCH3 is 1. The van der Waals surface area contributed by atoms with Gasteiger partial charge in [-0.1, -0.05) is 55.8 Å². The Bertz CT molecular complexity index is 1340. The van der Waals surface area contributed by atoms with Gasteiger partial charge in [0.25, 0.3) is 0 Å². The molecule has 41 heavy (non-hydrogen) atoms. The number of esters is 1. The SMILES string of the molecule is CCCCc1nc(CCNC(=O)OC(C)(C)C)cn1Cc1ccc(-c2ccccc2C(=O)OC)cc1.c1c[nH]cn1. The zero-order chi connectivity index (χ0) is 29.7. The summed E-state index contributed by atoms with van der Waals surface area (Å²) in [6, 6.07) is 15.7. The van der Waals surface area contributed by atoms with Crippen molar-refractivity contribution >= 4 is 12.1 Å². The summed E-state index contributed by atoms with van der Waals surface area (Å²) < 4.78 is 12.4. The molecule has 4 aromatic rings. The van der Waals surface area contributed by atoms with Crippen LogP contribution in [0.2, 0.25) is 0 Å². The van der Waals surface area contributed by atoms with Gasteiger partial charge in [-0.3, -0.25) is 0 Å². The second-order valence-corrected chi connectivity index (χ2v) is 10.6. The van der Waals surface area contributed by atoms with Crippen LogP contribution in [0, 0.1) is 0 Å². The van der Waals surface area contributed by atoms with Gasteiger partial charge >= 0.3 is 12.1 Å². The third kappa shape index (κ3) is 10.3. The summed E-state index contributed by atoms with van der Waals surface area (Å²) in [5.41, 5.74) is 3.93. The molecule has 0 spiro atoms. The molecule has 0 saturated heterocycles. The fourth-order valence-electron chi connectivity index (χ4n) is 4.14. The average Bonchev–Trinajstić information content (AvgIpc) is 3.65. The number of nitrogens with zero attached hydrogens (tertiary/aromatic N) is 3. The molecule has 9 heteroatoms. The number of aryl methyl sites for hydroxylation is 1. The second-order valence-electron chi connectivity index (χ2n) is 10.6. The molecule has 4 rings (SSSR count). The topological polar surface area (TPSA) is 111 Å². The lowest BCUT2D eigenvalue weighted by Gasteiger charge is -2.19. The lowest BCUT2D eigenvalue weighted by atomic mass is 9.98. The van der Waals surface area contributed by atoms with Crippen molar-refractivity contribution in [2.45, 2.75) is 65.5 Å². The van der Waals surface area contributed by atoms with Crippen molar-refractivity contribution in [2.24, 2.45) is 0 Å². The van der Waals surface area contributed by atoms with E-state index in [1.165, 1.54) is 7.11 Å². The molecule has 2 heterocycles. The van der Waals surface area contributed by atoms with Crippen molar-refractivity contribution in [3.63, 3.8) is 0 Å². The fourth-order valence-corrected chi connectivity index (χ4v) is 4.14. The predicted octanol–water partition coefficient (Wildman–Crippen LogP) is 6.20. The molecule has 2 aromatic heterocycles. The Labute approximate surface area is 242 Å². The third-order valence-corrected chi connectivity index (χ3v) is 6.07. The number of rotatable bonds is 10. The van der Waals surface area contributed by atoms with Crippen LogP contribution in [0.3, 0.4) is 0 Å². The molecule has 0 unspecified atom stereocenters. The Morgan fingerprint density at radius 2 is 1.80 bits per heavy atom. The van der Waals surface area contributed by atoms with Crippen LogP contribution in [0.15, 0.2) is 73.4 Å². The van der Waals surface area contributed by atoms with Gasteiger partial charge in [-0.25, -0.2) is 19.6 Å². The first kappa shape index (κ1) is 31.1. The van der Waals surface area contributed by atoms with Crippen molar-refractivity contribution in [3.8, 4) is 11.1 Å². The van der Waals surface area contributed by atoms with Gasteiger partial charge in [0, 0.05) is 44.5 Å². The van der Waals surface area contributed by atoms with E-state index in [0.717, 1.165) is 47.5 Å². The number of unbranched alkanes of at least 4 members (excludes halogenated alkanes) is 1. The van der Waals surface area contributed by atoms with Gasteiger partial charge in [-0.05, 0) is 49.9 Å². The summed E-state index contributed by atoms with van der Waals surface area (Å²) in [6.07, 6.45) is 10.4. The van der Waals surface area contributed by atoms with Crippen LogP contribution in [0.5, 0.6) is 0 Å². The Morgan fingerprint density at radius 1 is 1.05 bits per heavy atom. The summed E-state index contributed by atoms with van der Waals surface area (Å²) in [5, 5.41) is 2.80. The second kappa shape index (κ2) is 15.4. The number of nitrogens with one attached hydrogen (secondary N) is 2. The van der Waals surface area contributed by atoms with Crippen LogP contribution >= 0.6 is 0 Å². The van der Waals surface area contributed by atoms with Gasteiger partial charge in [0.15, 0.2) is 0 Å². The molecule has 0 aliphatic carbocycles. The number of benzene rings is 2. The van der Waals surface area contributed by atoms with Gasteiger partial charge < -0.3 is 24.3 Å². The quantitative estimate of drug-likeness (QED) is 0.224. The van der Waals surface area contributed by atoms with Crippen LogP contribution in [0.4, 0.5) is 4.79 Å². The van der Waals surface area contributed by atoms with Gasteiger partial charge in [0.1, 0.15) is 11.4 Å². The fraction of sp³-hybridized carbons (Fsp3) is 0.375. The molecule has 0 fully saturated rings. The number of aromatic nitrogens is 4. The Hall–Kier alpha value is -4.40. The summed E-state index contributed by atoms with van der Waals surface area (Å²) in [5.74, 6) is 0.701. The molecule has 0 radical (unpaired) electrons. The number of carbonyl (C=O) groups excluding carboxylic acids is 2. The standard InChI is InChI=1S/C29H37N3O4.C3H4N2/c1-6-7-12-26-31-23(17-18-30-28(34)36-29(2,3)4)20-32(26)19-21-13-15-22(16-14-21)24-10-8-9-11-25(24)27(33)35-5;1-2-5-3-4-1/h8-11,13-16,20H,6-7,12,17-19H2,1-5H3,(H,30,34);1-3H,(H,4,5). The minimum atomic E-state index is -0.518. The van der Waals surface area contributed by atoms with Crippen LogP contribution in [0.1, 0.15) is 68.0 Å². The largest absolute Gasteiger partial charge is 0.465 e. The molecule has 0 aliphatic heterocycles. The molecule has 9 nitrogen and oxygen atoms in total. The van der Waals surface area contributed by atoms with Gasteiger partial charge in [-0.2, -0.15) is 0 Å². The van der Waals surface area contributed by atoms with E-state index in [0.29, 0.717) is 25.1 Å². The molecule has 0 saturated carbocycles. The van der Waals surface area contributed by atoms with Crippen LogP contribution in [0.25, 0.3) is 11.1 Å². The first-order valence-corrected chi connectivity index (χ1v) is 13.9. The van der Waals surface area contributed by atoms with Gasteiger partial charge in [0.2, 0.25) is 0 Å². The number of alkyl carbamates (subject to hydrolysis) is 1. The molecule has 0 bridgehead atoms. The predicted molar refractivity (Wildman–Crippen MR) is 160 cm³/mol. The van der Waals surface area contributed by atoms with Crippen molar-refractivity contribution in [1.29, 1.82) is 0 Å². The number of ether oxygens (including phenoxy) is 2. The van der Waals surface area contributed by atoms with Crippen molar-refractivity contribution in [1.82, 2.24) is 24.8 Å². The lowest BCUT2D eigenvalue weighted by molar-refractivity contribution is 0.0527. The zero-order valence-corrected chi connectivity index (χ0v) is 24.6. The van der Waals surface area contributed by atoms with Crippen LogP contribution < -0.4 is 5.32 Å². The molecule has 1 amide bonds. The highest BCUT2D eigenvalue weighted by Crippen LogP contribution is 2.25. The Kier molecular flexibility index (Phi) is 11.7. The van der Waals surface area contributed by atoms with E-state index >= 15 is 0 Å². The highest BCUT2D eigenvalue weighted by Gasteiger charge is 2.16.